The number of fused-ring (bicyclic) bond motifs is 1. The molecule has 158 valence electrons. The number of sulfonamides is 1. The van der Waals surface area contributed by atoms with Crippen LogP contribution in [0.4, 0.5) is 11.4 Å². The Morgan fingerprint density at radius 3 is 2.39 bits per heavy atom. The molecule has 31 heavy (non-hydrogen) atoms. The van der Waals surface area contributed by atoms with E-state index in [2.05, 4.69) is 26.0 Å². The first-order valence-corrected chi connectivity index (χ1v) is 11.5. The largest absolute Gasteiger partial charge is 0.375 e. The second-order valence-corrected chi connectivity index (χ2v) is 9.70. The van der Waals surface area contributed by atoms with Crippen molar-refractivity contribution >= 4 is 49.0 Å². The van der Waals surface area contributed by atoms with E-state index in [0.717, 1.165) is 0 Å². The Kier molecular flexibility index (Phi) is 5.42. The average Bonchev–Trinajstić information content (AvgIpc) is 2.98. The normalized spacial score (nSPS) is 17.7. The molecule has 0 bridgehead atoms. The number of ketones is 1. The third-order valence-electron chi connectivity index (χ3n) is 4.98. The van der Waals surface area contributed by atoms with Crippen molar-refractivity contribution in [3.63, 3.8) is 0 Å². The summed E-state index contributed by atoms with van der Waals surface area (Å²) < 4.78 is 27.9. The van der Waals surface area contributed by atoms with Crippen LogP contribution in [0.15, 0.2) is 82.2 Å². The number of Topliss-reactive ketones (excluding diaryl/α,β-unsaturated/α-hetero) is 1. The minimum absolute atomic E-state index is 0.120. The molecule has 0 aromatic heterocycles. The maximum Gasteiger partial charge on any atom is 0.261 e. The molecule has 0 saturated carbocycles. The Balaban J connectivity index is 1.52. The third kappa shape index (κ3) is 4.12. The molecule has 1 atom stereocenters. The van der Waals surface area contributed by atoms with Crippen LogP contribution in [0.2, 0.25) is 0 Å². The van der Waals surface area contributed by atoms with E-state index in [9.17, 15) is 23.1 Å². The smallest absolute Gasteiger partial charge is 0.261 e. The SMILES string of the molecule is O=C(CC1(O)C(=O)Nc2ccc(Br)cc21)c1ccc(NS(=O)(=O)c2ccccc2)cc1. The summed E-state index contributed by atoms with van der Waals surface area (Å²) in [6.07, 6.45) is -0.447. The molecule has 4 rings (SSSR count). The molecule has 3 aromatic rings. The quantitative estimate of drug-likeness (QED) is 0.447. The first kappa shape index (κ1) is 21.2. The van der Waals surface area contributed by atoms with Gasteiger partial charge in [-0.2, -0.15) is 0 Å². The van der Waals surface area contributed by atoms with E-state index in [0.29, 0.717) is 15.7 Å². The fourth-order valence-electron chi connectivity index (χ4n) is 3.36. The Hall–Kier alpha value is -3.01. The van der Waals surface area contributed by atoms with Crippen LogP contribution in [-0.2, 0) is 20.4 Å². The second-order valence-electron chi connectivity index (χ2n) is 7.10. The fourth-order valence-corrected chi connectivity index (χ4v) is 4.80. The Morgan fingerprint density at radius 2 is 1.71 bits per heavy atom. The number of benzene rings is 3. The fraction of sp³-hybridized carbons (Fsp3) is 0.0909. The van der Waals surface area contributed by atoms with Gasteiger partial charge in [-0.1, -0.05) is 34.1 Å². The monoisotopic (exact) mass is 500 g/mol. The summed E-state index contributed by atoms with van der Waals surface area (Å²) >= 11 is 3.31. The summed E-state index contributed by atoms with van der Waals surface area (Å²) in [4.78, 5) is 25.3. The van der Waals surface area contributed by atoms with Crippen molar-refractivity contribution in [1.29, 1.82) is 0 Å². The highest BCUT2D eigenvalue weighted by Gasteiger charge is 2.46. The summed E-state index contributed by atoms with van der Waals surface area (Å²) in [6, 6.07) is 18.7. The molecule has 0 fully saturated rings. The van der Waals surface area contributed by atoms with E-state index in [4.69, 9.17) is 0 Å². The minimum atomic E-state index is -3.75. The van der Waals surface area contributed by atoms with Gasteiger partial charge < -0.3 is 10.4 Å². The molecule has 1 aliphatic heterocycles. The topological polar surface area (TPSA) is 113 Å². The van der Waals surface area contributed by atoms with Crippen molar-refractivity contribution in [3.8, 4) is 0 Å². The van der Waals surface area contributed by atoms with E-state index in [1.807, 2.05) is 0 Å². The number of rotatable bonds is 6. The van der Waals surface area contributed by atoms with E-state index in [1.54, 1.807) is 36.4 Å². The predicted octanol–water partition coefficient (Wildman–Crippen LogP) is 3.66. The van der Waals surface area contributed by atoms with Crippen molar-refractivity contribution in [2.24, 2.45) is 0 Å². The number of aliphatic hydroxyl groups is 1. The molecule has 0 spiro atoms. The van der Waals surface area contributed by atoms with Crippen molar-refractivity contribution in [2.75, 3.05) is 10.0 Å². The number of amides is 1. The van der Waals surface area contributed by atoms with Crippen molar-refractivity contribution in [3.05, 3.63) is 88.4 Å². The van der Waals surface area contributed by atoms with Crippen molar-refractivity contribution in [2.45, 2.75) is 16.9 Å². The first-order chi connectivity index (χ1) is 14.7. The van der Waals surface area contributed by atoms with Gasteiger partial charge in [0.15, 0.2) is 11.4 Å². The summed E-state index contributed by atoms with van der Waals surface area (Å²) in [6.45, 7) is 0. The molecule has 7 nitrogen and oxygen atoms in total. The lowest BCUT2D eigenvalue weighted by molar-refractivity contribution is -0.133. The summed E-state index contributed by atoms with van der Waals surface area (Å²) in [5, 5.41) is 13.5. The Bertz CT molecular complexity index is 1280. The van der Waals surface area contributed by atoms with Gasteiger partial charge in [0.2, 0.25) is 0 Å². The highest BCUT2D eigenvalue weighted by molar-refractivity contribution is 9.10. The average molecular weight is 501 g/mol. The van der Waals surface area contributed by atoms with Gasteiger partial charge in [-0.15, -0.1) is 0 Å². The lowest BCUT2D eigenvalue weighted by atomic mass is 9.88. The lowest BCUT2D eigenvalue weighted by Gasteiger charge is -2.20. The molecule has 3 N–H and O–H groups in total. The molecular formula is C22H17BrN2O5S. The van der Waals surface area contributed by atoms with Gasteiger partial charge in [-0.05, 0) is 54.6 Å². The molecular weight excluding hydrogens is 484 g/mol. The van der Waals surface area contributed by atoms with Gasteiger partial charge in [0, 0.05) is 27.0 Å². The zero-order valence-electron chi connectivity index (χ0n) is 16.0. The molecule has 0 aliphatic carbocycles. The highest BCUT2D eigenvalue weighted by atomic mass is 79.9. The molecule has 1 amide bonds. The molecule has 3 aromatic carbocycles. The zero-order valence-corrected chi connectivity index (χ0v) is 18.4. The van der Waals surface area contributed by atoms with Crippen LogP contribution in [0, 0.1) is 0 Å². The van der Waals surface area contributed by atoms with Gasteiger partial charge in [-0.3, -0.25) is 14.3 Å². The maximum absolute atomic E-state index is 12.8. The number of carbonyl (C=O) groups excluding carboxylic acids is 2. The van der Waals surface area contributed by atoms with E-state index < -0.39 is 33.7 Å². The number of halogens is 1. The van der Waals surface area contributed by atoms with Crippen molar-refractivity contribution in [1.82, 2.24) is 0 Å². The van der Waals surface area contributed by atoms with Crippen LogP contribution in [0.25, 0.3) is 0 Å². The number of carbonyl (C=O) groups is 2. The first-order valence-electron chi connectivity index (χ1n) is 9.24. The van der Waals surface area contributed by atoms with E-state index in [1.165, 1.54) is 36.4 Å². The summed E-state index contributed by atoms with van der Waals surface area (Å²) in [7, 11) is -3.75. The van der Waals surface area contributed by atoms with Crippen LogP contribution in [0.5, 0.6) is 0 Å². The van der Waals surface area contributed by atoms with Crippen LogP contribution in [-0.4, -0.2) is 25.2 Å². The van der Waals surface area contributed by atoms with Crippen LogP contribution in [0.1, 0.15) is 22.3 Å². The highest BCUT2D eigenvalue weighted by Crippen LogP contribution is 2.40. The molecule has 1 aliphatic rings. The maximum atomic E-state index is 12.8. The molecule has 9 heteroatoms. The predicted molar refractivity (Wildman–Crippen MR) is 119 cm³/mol. The Morgan fingerprint density at radius 1 is 1.03 bits per heavy atom. The number of nitrogens with one attached hydrogen (secondary N) is 2. The van der Waals surface area contributed by atoms with Gasteiger partial charge in [0.05, 0.1) is 11.3 Å². The second kappa shape index (κ2) is 7.92. The zero-order chi connectivity index (χ0) is 22.2. The number of hydrogen-bond donors (Lipinski definition) is 3. The van der Waals surface area contributed by atoms with Crippen molar-refractivity contribution < 1.29 is 23.1 Å². The molecule has 0 radical (unpaired) electrons. The molecule has 1 heterocycles. The van der Waals surface area contributed by atoms with Gasteiger partial charge >= 0.3 is 0 Å². The summed E-state index contributed by atoms with van der Waals surface area (Å²) in [5.41, 5.74) is -0.676. The van der Waals surface area contributed by atoms with E-state index in [-0.39, 0.29) is 16.1 Å². The van der Waals surface area contributed by atoms with Gasteiger partial charge in [0.1, 0.15) is 0 Å². The van der Waals surface area contributed by atoms with E-state index >= 15 is 0 Å². The van der Waals surface area contributed by atoms with Gasteiger partial charge in [-0.25, -0.2) is 8.42 Å². The molecule has 0 saturated heterocycles. The number of anilines is 2. The standard InChI is InChI=1S/C22H17BrN2O5S/c23-15-8-11-19-18(12-15)22(28,21(27)24-19)13-20(26)14-6-9-16(10-7-14)25-31(29,30)17-4-2-1-3-5-17/h1-12,25,28H,13H2,(H,24,27). The minimum Gasteiger partial charge on any atom is -0.375 e. The van der Waals surface area contributed by atoms with Crippen LogP contribution in [0.3, 0.4) is 0 Å². The van der Waals surface area contributed by atoms with Gasteiger partial charge in [0.25, 0.3) is 15.9 Å². The van der Waals surface area contributed by atoms with Crippen LogP contribution >= 0.6 is 15.9 Å². The third-order valence-corrected chi connectivity index (χ3v) is 6.87. The number of hydrogen-bond acceptors (Lipinski definition) is 5. The molecule has 1 unspecified atom stereocenters. The Labute approximate surface area is 187 Å². The van der Waals surface area contributed by atoms with Crippen LogP contribution < -0.4 is 10.0 Å². The summed E-state index contributed by atoms with van der Waals surface area (Å²) in [5.74, 6) is -1.12. The lowest BCUT2D eigenvalue weighted by Crippen LogP contribution is -2.36.